The van der Waals surface area contributed by atoms with Crippen molar-refractivity contribution in [1.29, 1.82) is 0 Å². The van der Waals surface area contributed by atoms with Crippen molar-refractivity contribution >= 4 is 11.6 Å². The summed E-state index contributed by atoms with van der Waals surface area (Å²) in [5.41, 5.74) is -1.15. The van der Waals surface area contributed by atoms with E-state index in [4.69, 9.17) is 11.6 Å². The molecule has 2 aromatic carbocycles. The zero-order valence-corrected chi connectivity index (χ0v) is 10.7. The van der Waals surface area contributed by atoms with Gasteiger partial charge < -0.3 is 5.11 Å². The predicted octanol–water partition coefficient (Wildman–Crippen LogP) is 4.58. The summed E-state index contributed by atoms with van der Waals surface area (Å²) in [5.74, 6) is -1.58. The quantitative estimate of drug-likeness (QED) is 0.805. The Hall–Kier alpha value is -1.59. The normalized spacial score (nSPS) is 13.3. The second-order valence-corrected chi connectivity index (χ2v) is 4.52. The summed E-state index contributed by atoms with van der Waals surface area (Å²) in [5, 5.41) is 9.33. The molecule has 0 fully saturated rings. The molecule has 0 saturated carbocycles. The monoisotopic (exact) mass is 304 g/mol. The van der Waals surface area contributed by atoms with Crippen LogP contribution in [0.4, 0.5) is 17.6 Å². The van der Waals surface area contributed by atoms with Crippen molar-refractivity contribution in [2.45, 2.75) is 12.3 Å². The van der Waals surface area contributed by atoms with Crippen LogP contribution in [0.15, 0.2) is 42.5 Å². The molecule has 0 aliphatic rings. The minimum atomic E-state index is -4.83. The maximum atomic E-state index is 13.7. The molecule has 2 rings (SSSR count). The van der Waals surface area contributed by atoms with Crippen LogP contribution in [-0.2, 0) is 6.18 Å². The van der Waals surface area contributed by atoms with Crippen LogP contribution in [0.2, 0.25) is 5.02 Å². The van der Waals surface area contributed by atoms with Crippen molar-refractivity contribution in [1.82, 2.24) is 0 Å². The highest BCUT2D eigenvalue weighted by Gasteiger charge is 2.36. The zero-order chi connectivity index (χ0) is 14.9. The lowest BCUT2D eigenvalue weighted by atomic mass is 10.00. The van der Waals surface area contributed by atoms with Crippen LogP contribution in [0.3, 0.4) is 0 Å². The Morgan fingerprint density at radius 1 is 1.00 bits per heavy atom. The van der Waals surface area contributed by atoms with E-state index in [0.29, 0.717) is 11.6 Å². The van der Waals surface area contributed by atoms with E-state index in [9.17, 15) is 22.7 Å². The van der Waals surface area contributed by atoms with Crippen molar-refractivity contribution in [2.75, 3.05) is 0 Å². The van der Waals surface area contributed by atoms with Gasteiger partial charge in [0.05, 0.1) is 10.6 Å². The summed E-state index contributed by atoms with van der Waals surface area (Å²) in [7, 11) is 0. The second-order valence-electron chi connectivity index (χ2n) is 4.14. The number of aliphatic hydroxyl groups excluding tert-OH is 1. The van der Waals surface area contributed by atoms with Crippen LogP contribution in [0.25, 0.3) is 0 Å². The summed E-state index contributed by atoms with van der Waals surface area (Å²) in [4.78, 5) is 0. The van der Waals surface area contributed by atoms with Gasteiger partial charge in [-0.1, -0.05) is 48.0 Å². The lowest BCUT2D eigenvalue weighted by Crippen LogP contribution is -2.10. The van der Waals surface area contributed by atoms with Gasteiger partial charge in [-0.15, -0.1) is 0 Å². The van der Waals surface area contributed by atoms with Crippen molar-refractivity contribution in [3.05, 3.63) is 70.0 Å². The molecule has 1 N–H and O–H groups in total. The van der Waals surface area contributed by atoms with Gasteiger partial charge in [0.15, 0.2) is 5.82 Å². The van der Waals surface area contributed by atoms with E-state index in [1.165, 1.54) is 0 Å². The molecular formula is C14H9ClF4O. The van der Waals surface area contributed by atoms with E-state index < -0.39 is 28.7 Å². The number of hydrogen-bond donors (Lipinski definition) is 1. The van der Waals surface area contributed by atoms with E-state index in [1.54, 1.807) is 30.3 Å². The van der Waals surface area contributed by atoms with Crippen molar-refractivity contribution in [2.24, 2.45) is 0 Å². The summed E-state index contributed by atoms with van der Waals surface area (Å²) in [6, 6.07) is 9.69. The highest BCUT2D eigenvalue weighted by Crippen LogP contribution is 2.38. The van der Waals surface area contributed by atoms with Gasteiger partial charge in [-0.25, -0.2) is 4.39 Å². The fraction of sp³-hybridized carbons (Fsp3) is 0.143. The molecule has 0 spiro atoms. The molecule has 0 aliphatic carbocycles. The van der Waals surface area contributed by atoms with Gasteiger partial charge in [-0.3, -0.25) is 0 Å². The largest absolute Gasteiger partial charge is 0.419 e. The second kappa shape index (κ2) is 5.42. The Morgan fingerprint density at radius 3 is 2.15 bits per heavy atom. The maximum absolute atomic E-state index is 13.7. The number of benzene rings is 2. The van der Waals surface area contributed by atoms with Gasteiger partial charge in [-0.05, 0) is 11.6 Å². The Morgan fingerprint density at radius 2 is 1.60 bits per heavy atom. The fourth-order valence-electron chi connectivity index (χ4n) is 1.81. The third-order valence-electron chi connectivity index (χ3n) is 2.83. The molecule has 0 saturated heterocycles. The maximum Gasteiger partial charge on any atom is 0.419 e. The molecule has 20 heavy (non-hydrogen) atoms. The van der Waals surface area contributed by atoms with Crippen molar-refractivity contribution in [3.63, 3.8) is 0 Å². The zero-order valence-electron chi connectivity index (χ0n) is 9.96. The molecule has 0 aromatic heterocycles. The molecule has 106 valence electrons. The number of halogens is 5. The Balaban J connectivity index is 2.47. The molecule has 0 radical (unpaired) electrons. The number of aliphatic hydroxyl groups is 1. The highest BCUT2D eigenvalue weighted by atomic mass is 35.5. The first-order valence-corrected chi connectivity index (χ1v) is 5.98. The van der Waals surface area contributed by atoms with E-state index >= 15 is 0 Å². The SMILES string of the molecule is OC(c1ccccc1)c1ccc(C(F)(F)F)c(F)c1Cl. The summed E-state index contributed by atoms with van der Waals surface area (Å²) in [6.07, 6.45) is -6.12. The minimum absolute atomic E-state index is 0.108. The van der Waals surface area contributed by atoms with Gasteiger partial charge in [0, 0.05) is 5.56 Å². The standard InChI is InChI=1S/C14H9ClF4O/c15-11-9(13(20)8-4-2-1-3-5-8)6-7-10(12(11)16)14(17,18)19/h1-7,13,20H. The molecule has 2 aromatic rings. The lowest BCUT2D eigenvalue weighted by molar-refractivity contribution is -0.140. The van der Waals surface area contributed by atoms with Crippen molar-refractivity contribution in [3.8, 4) is 0 Å². The van der Waals surface area contributed by atoms with Gasteiger partial charge >= 0.3 is 6.18 Å². The first-order valence-electron chi connectivity index (χ1n) is 5.60. The van der Waals surface area contributed by atoms with E-state index in [2.05, 4.69) is 0 Å². The summed E-state index contributed by atoms with van der Waals surface area (Å²) >= 11 is 5.61. The third-order valence-corrected chi connectivity index (χ3v) is 3.21. The molecule has 6 heteroatoms. The molecule has 0 aliphatic heterocycles. The lowest BCUT2D eigenvalue weighted by Gasteiger charge is -2.16. The Bertz CT molecular complexity index is 611. The average molecular weight is 305 g/mol. The van der Waals surface area contributed by atoms with Gasteiger partial charge in [0.1, 0.15) is 6.10 Å². The van der Waals surface area contributed by atoms with Crippen LogP contribution in [-0.4, -0.2) is 5.11 Å². The third kappa shape index (κ3) is 2.78. The Kier molecular flexibility index (Phi) is 4.01. The van der Waals surface area contributed by atoms with Gasteiger partial charge in [-0.2, -0.15) is 13.2 Å². The van der Waals surface area contributed by atoms with E-state index in [-0.39, 0.29) is 5.56 Å². The van der Waals surface area contributed by atoms with Crippen LogP contribution in [0.1, 0.15) is 22.8 Å². The van der Waals surface area contributed by atoms with Gasteiger partial charge in [0.2, 0.25) is 0 Å². The van der Waals surface area contributed by atoms with Crippen LogP contribution < -0.4 is 0 Å². The van der Waals surface area contributed by atoms with Crippen LogP contribution in [0, 0.1) is 5.82 Å². The predicted molar refractivity (Wildman–Crippen MR) is 66.9 cm³/mol. The van der Waals surface area contributed by atoms with Crippen molar-refractivity contribution < 1.29 is 22.7 Å². The topological polar surface area (TPSA) is 20.2 Å². The Labute approximate surface area is 117 Å². The van der Waals surface area contributed by atoms with Crippen LogP contribution >= 0.6 is 11.6 Å². The smallest absolute Gasteiger partial charge is 0.384 e. The molecule has 0 bridgehead atoms. The molecule has 1 nitrogen and oxygen atoms in total. The first kappa shape index (κ1) is 14.8. The minimum Gasteiger partial charge on any atom is -0.384 e. The number of alkyl halides is 3. The fourth-order valence-corrected chi connectivity index (χ4v) is 2.08. The highest BCUT2D eigenvalue weighted by molar-refractivity contribution is 6.31. The van der Waals surface area contributed by atoms with E-state index in [1.807, 2.05) is 0 Å². The molecule has 0 amide bonds. The molecular weight excluding hydrogens is 296 g/mol. The summed E-state index contributed by atoms with van der Waals surface area (Å²) in [6.45, 7) is 0. The number of hydrogen-bond acceptors (Lipinski definition) is 1. The first-order chi connectivity index (χ1) is 9.32. The molecule has 0 heterocycles. The van der Waals surface area contributed by atoms with Crippen LogP contribution in [0.5, 0.6) is 0 Å². The van der Waals surface area contributed by atoms with Gasteiger partial charge in [0.25, 0.3) is 0 Å². The molecule has 1 unspecified atom stereocenters. The summed E-state index contributed by atoms with van der Waals surface area (Å²) < 4.78 is 51.2. The molecule has 1 atom stereocenters. The number of rotatable bonds is 2. The van der Waals surface area contributed by atoms with E-state index in [0.717, 1.165) is 6.07 Å². The average Bonchev–Trinajstić information content (AvgIpc) is 2.40.